The zero-order chi connectivity index (χ0) is 14.2. The van der Waals surface area contributed by atoms with E-state index < -0.39 is 0 Å². The minimum Gasteiger partial charge on any atom is -0.493 e. The molecule has 1 amide bonds. The first-order valence-corrected chi connectivity index (χ1v) is 7.00. The van der Waals surface area contributed by atoms with Crippen molar-refractivity contribution >= 4 is 24.0 Å². The van der Waals surface area contributed by atoms with Gasteiger partial charge in [-0.3, -0.25) is 4.79 Å². The van der Waals surface area contributed by atoms with Gasteiger partial charge in [0.25, 0.3) is 0 Å². The van der Waals surface area contributed by atoms with Gasteiger partial charge in [0.15, 0.2) is 0 Å². The molecule has 1 aromatic carbocycles. The molecule has 0 saturated heterocycles. The summed E-state index contributed by atoms with van der Waals surface area (Å²) < 4.78 is 10.5. The minimum atomic E-state index is -0.0623. The van der Waals surface area contributed by atoms with Crippen LogP contribution in [-0.4, -0.2) is 39.3 Å². The molecule has 6 heteroatoms. The van der Waals surface area contributed by atoms with Gasteiger partial charge in [-0.2, -0.15) is 0 Å². The summed E-state index contributed by atoms with van der Waals surface area (Å²) in [4.78, 5) is 11.6. The summed E-state index contributed by atoms with van der Waals surface area (Å²) in [6, 6.07) is 7.48. The summed E-state index contributed by atoms with van der Waals surface area (Å²) in [7, 11) is 1.63. The number of benzene rings is 1. The van der Waals surface area contributed by atoms with E-state index in [9.17, 15) is 4.79 Å². The van der Waals surface area contributed by atoms with Crippen LogP contribution in [0.25, 0.3) is 0 Å². The van der Waals surface area contributed by atoms with Gasteiger partial charge in [0.05, 0.1) is 19.8 Å². The van der Waals surface area contributed by atoms with Gasteiger partial charge in [-0.05, 0) is 43.0 Å². The quantitative estimate of drug-likeness (QED) is 0.685. The highest BCUT2D eigenvalue weighted by Crippen LogP contribution is 2.29. The molecule has 0 radical (unpaired) electrons. The summed E-state index contributed by atoms with van der Waals surface area (Å²) >= 11 is 0. The topological polar surface area (TPSA) is 59.6 Å². The zero-order valence-corrected chi connectivity index (χ0v) is 13.1. The first kappa shape index (κ1) is 17.8. The Morgan fingerprint density at radius 3 is 2.62 bits per heavy atom. The summed E-state index contributed by atoms with van der Waals surface area (Å²) in [5, 5.41) is 5.82. The van der Waals surface area contributed by atoms with Crippen molar-refractivity contribution in [2.24, 2.45) is 5.92 Å². The second-order valence-electron chi connectivity index (χ2n) is 5.00. The largest absolute Gasteiger partial charge is 0.493 e. The van der Waals surface area contributed by atoms with Crippen LogP contribution in [0.1, 0.15) is 12.8 Å². The second-order valence-corrected chi connectivity index (χ2v) is 5.00. The molecular formula is C15H23ClN2O3. The molecule has 118 valence electrons. The van der Waals surface area contributed by atoms with E-state index in [1.807, 2.05) is 24.3 Å². The van der Waals surface area contributed by atoms with Crippen molar-refractivity contribution in [3.05, 3.63) is 24.3 Å². The average Bonchev–Trinajstić information content (AvgIpc) is 3.27. The maximum Gasteiger partial charge on any atom is 0.238 e. The van der Waals surface area contributed by atoms with E-state index in [1.54, 1.807) is 7.11 Å². The lowest BCUT2D eigenvalue weighted by atomic mass is 10.3. The Labute approximate surface area is 131 Å². The number of amides is 1. The lowest BCUT2D eigenvalue weighted by Gasteiger charge is -2.08. The SMILES string of the molecule is COCCNCC(=O)Nc1ccc(OCC2CC2)cc1.Cl. The Morgan fingerprint density at radius 2 is 2.00 bits per heavy atom. The molecule has 1 aliphatic carbocycles. The van der Waals surface area contributed by atoms with Gasteiger partial charge in [0.2, 0.25) is 5.91 Å². The molecule has 1 aliphatic rings. The molecule has 2 rings (SSSR count). The van der Waals surface area contributed by atoms with Gasteiger partial charge in [-0.1, -0.05) is 0 Å². The summed E-state index contributed by atoms with van der Waals surface area (Å²) in [5.41, 5.74) is 0.780. The molecular weight excluding hydrogens is 292 g/mol. The van der Waals surface area contributed by atoms with Crippen molar-refractivity contribution in [1.29, 1.82) is 0 Å². The third-order valence-electron chi connectivity index (χ3n) is 3.09. The summed E-state index contributed by atoms with van der Waals surface area (Å²) in [6.07, 6.45) is 2.56. The van der Waals surface area contributed by atoms with Crippen LogP contribution in [-0.2, 0) is 9.53 Å². The molecule has 21 heavy (non-hydrogen) atoms. The third kappa shape index (κ3) is 7.32. The molecule has 5 nitrogen and oxygen atoms in total. The van der Waals surface area contributed by atoms with Crippen LogP contribution in [0.5, 0.6) is 5.75 Å². The van der Waals surface area contributed by atoms with Crippen LogP contribution in [0, 0.1) is 5.92 Å². The first-order valence-electron chi connectivity index (χ1n) is 7.00. The number of carbonyl (C=O) groups is 1. The predicted octanol–water partition coefficient (Wildman–Crippen LogP) is 2.07. The van der Waals surface area contributed by atoms with E-state index in [-0.39, 0.29) is 24.9 Å². The molecule has 1 aromatic rings. The number of hydrogen-bond acceptors (Lipinski definition) is 4. The van der Waals surface area contributed by atoms with Crippen LogP contribution in [0.15, 0.2) is 24.3 Å². The number of rotatable bonds is 9. The van der Waals surface area contributed by atoms with Crippen molar-refractivity contribution in [2.45, 2.75) is 12.8 Å². The highest BCUT2D eigenvalue weighted by Gasteiger charge is 2.21. The monoisotopic (exact) mass is 314 g/mol. The summed E-state index contributed by atoms with van der Waals surface area (Å²) in [5.74, 6) is 1.54. The fourth-order valence-electron chi connectivity index (χ4n) is 1.71. The number of hydrogen-bond donors (Lipinski definition) is 2. The van der Waals surface area contributed by atoms with E-state index in [4.69, 9.17) is 9.47 Å². The maximum atomic E-state index is 11.6. The smallest absolute Gasteiger partial charge is 0.238 e. The standard InChI is InChI=1S/C15H22N2O3.ClH/c1-19-9-8-16-10-15(18)17-13-4-6-14(7-5-13)20-11-12-2-3-12;/h4-7,12,16H,2-3,8-11H2,1H3,(H,17,18);1H. The van der Waals surface area contributed by atoms with Gasteiger partial charge in [-0.25, -0.2) is 0 Å². The van der Waals surface area contributed by atoms with Crippen molar-refractivity contribution in [3.63, 3.8) is 0 Å². The number of anilines is 1. The highest BCUT2D eigenvalue weighted by atomic mass is 35.5. The molecule has 0 spiro atoms. The van der Waals surface area contributed by atoms with Gasteiger partial charge in [-0.15, -0.1) is 12.4 Å². The van der Waals surface area contributed by atoms with E-state index in [0.29, 0.717) is 13.2 Å². The maximum absolute atomic E-state index is 11.6. The molecule has 0 aliphatic heterocycles. The zero-order valence-electron chi connectivity index (χ0n) is 12.3. The fourth-order valence-corrected chi connectivity index (χ4v) is 1.71. The van der Waals surface area contributed by atoms with Crippen molar-refractivity contribution in [2.75, 3.05) is 38.7 Å². The normalized spacial score (nSPS) is 13.4. The third-order valence-corrected chi connectivity index (χ3v) is 3.09. The Hall–Kier alpha value is -1.30. The van der Waals surface area contributed by atoms with Crippen molar-refractivity contribution in [1.82, 2.24) is 5.32 Å². The number of methoxy groups -OCH3 is 1. The molecule has 0 bridgehead atoms. The van der Waals surface area contributed by atoms with Crippen LogP contribution < -0.4 is 15.4 Å². The van der Waals surface area contributed by atoms with Crippen molar-refractivity contribution in [3.8, 4) is 5.75 Å². The van der Waals surface area contributed by atoms with Crippen LogP contribution in [0.4, 0.5) is 5.69 Å². The van der Waals surface area contributed by atoms with Gasteiger partial charge < -0.3 is 20.1 Å². The number of carbonyl (C=O) groups excluding carboxylic acids is 1. The fraction of sp³-hybridized carbons (Fsp3) is 0.533. The molecule has 0 atom stereocenters. The molecule has 1 fully saturated rings. The Balaban J connectivity index is 0.00000220. The van der Waals surface area contributed by atoms with E-state index in [2.05, 4.69) is 10.6 Å². The molecule has 0 heterocycles. The average molecular weight is 315 g/mol. The number of nitrogens with one attached hydrogen (secondary N) is 2. The van der Waals surface area contributed by atoms with Gasteiger partial charge >= 0.3 is 0 Å². The Kier molecular flexibility index (Phi) is 8.12. The lowest BCUT2D eigenvalue weighted by Crippen LogP contribution is -2.30. The summed E-state index contributed by atoms with van der Waals surface area (Å²) in [6.45, 7) is 2.34. The van der Waals surface area contributed by atoms with Crippen molar-refractivity contribution < 1.29 is 14.3 Å². The molecule has 2 N–H and O–H groups in total. The first-order chi connectivity index (χ1) is 9.78. The van der Waals surface area contributed by atoms with E-state index in [0.717, 1.165) is 24.0 Å². The Morgan fingerprint density at radius 1 is 1.29 bits per heavy atom. The lowest BCUT2D eigenvalue weighted by molar-refractivity contribution is -0.115. The second kappa shape index (κ2) is 9.60. The van der Waals surface area contributed by atoms with Crippen LogP contribution in [0.2, 0.25) is 0 Å². The minimum absolute atomic E-state index is 0. The van der Waals surface area contributed by atoms with E-state index in [1.165, 1.54) is 12.8 Å². The molecule has 1 saturated carbocycles. The van der Waals surface area contributed by atoms with Crippen LogP contribution in [0.3, 0.4) is 0 Å². The van der Waals surface area contributed by atoms with E-state index >= 15 is 0 Å². The molecule has 0 unspecified atom stereocenters. The number of halogens is 1. The molecule has 0 aromatic heterocycles. The van der Waals surface area contributed by atoms with Gasteiger partial charge in [0, 0.05) is 19.3 Å². The number of ether oxygens (including phenoxy) is 2. The predicted molar refractivity (Wildman–Crippen MR) is 85.3 cm³/mol. The Bertz CT molecular complexity index is 421. The van der Waals surface area contributed by atoms with Crippen LogP contribution >= 0.6 is 12.4 Å². The van der Waals surface area contributed by atoms with Gasteiger partial charge in [0.1, 0.15) is 5.75 Å². The highest BCUT2D eigenvalue weighted by molar-refractivity contribution is 5.92.